The summed E-state index contributed by atoms with van der Waals surface area (Å²) in [5.41, 5.74) is 1.25. The van der Waals surface area contributed by atoms with Crippen molar-refractivity contribution in [2.75, 3.05) is 11.9 Å². The molecule has 0 spiro atoms. The zero-order valence-electron chi connectivity index (χ0n) is 6.76. The van der Waals surface area contributed by atoms with E-state index in [1.165, 1.54) is 6.07 Å². The number of anilines is 1. The minimum absolute atomic E-state index is 0.125. The molecule has 0 aliphatic heterocycles. The quantitative estimate of drug-likeness (QED) is 0.679. The largest absolute Gasteiger partial charge is 0.370 e. The van der Waals surface area contributed by atoms with Crippen LogP contribution in [0.5, 0.6) is 0 Å². The third-order valence-corrected chi connectivity index (χ3v) is 1.48. The summed E-state index contributed by atoms with van der Waals surface area (Å²) in [5.74, 6) is -0.315. The molecule has 3 heteroatoms. The van der Waals surface area contributed by atoms with Gasteiger partial charge in [0.05, 0.1) is 11.8 Å². The smallest absolute Gasteiger partial charge is 0.146 e. The predicted octanol–water partition coefficient (Wildman–Crippen LogP) is 2.07. The molecule has 0 saturated carbocycles. The van der Waals surface area contributed by atoms with Crippen molar-refractivity contribution < 1.29 is 4.39 Å². The molecule has 1 N–H and O–H groups in total. The van der Waals surface area contributed by atoms with Gasteiger partial charge in [0.1, 0.15) is 12.4 Å². The number of nitrogens with one attached hydrogen (secondary N) is 1. The molecule has 0 atom stereocenters. The fourth-order valence-corrected chi connectivity index (χ4v) is 0.898. The number of aryl methyl sites for hydroxylation is 1. The number of hydrogen-bond donors (Lipinski definition) is 1. The van der Waals surface area contributed by atoms with Crippen LogP contribution >= 0.6 is 0 Å². The molecule has 62 valence electrons. The first kappa shape index (κ1) is 8.54. The Morgan fingerprint density at radius 1 is 1.58 bits per heavy atom. The molecule has 1 aromatic carbocycles. The molecule has 0 bridgehead atoms. The number of rotatable bonds is 2. The SMILES string of the molecule is Cc1ccc(NCC#N)c(F)c1. The molecule has 0 aliphatic rings. The molecular formula is C9H9FN2. The third-order valence-electron chi connectivity index (χ3n) is 1.48. The van der Waals surface area contributed by atoms with Crippen LogP contribution in [0.25, 0.3) is 0 Å². The molecule has 1 aromatic rings. The lowest BCUT2D eigenvalue weighted by Gasteiger charge is -2.03. The average Bonchev–Trinajstić information content (AvgIpc) is 2.03. The standard InChI is InChI=1S/C9H9FN2/c1-7-2-3-9(8(10)6-7)12-5-4-11/h2-3,6,12H,5H2,1H3. The zero-order valence-corrected chi connectivity index (χ0v) is 6.76. The molecule has 2 nitrogen and oxygen atoms in total. The van der Waals surface area contributed by atoms with Gasteiger partial charge in [-0.15, -0.1) is 0 Å². The Morgan fingerprint density at radius 2 is 2.33 bits per heavy atom. The normalized spacial score (nSPS) is 9.08. The van der Waals surface area contributed by atoms with E-state index in [0.29, 0.717) is 5.69 Å². The molecule has 0 radical (unpaired) electrons. The number of benzene rings is 1. The van der Waals surface area contributed by atoms with Crippen LogP contribution in [-0.4, -0.2) is 6.54 Å². The summed E-state index contributed by atoms with van der Waals surface area (Å²) in [4.78, 5) is 0. The van der Waals surface area contributed by atoms with Gasteiger partial charge in [0.25, 0.3) is 0 Å². The maximum Gasteiger partial charge on any atom is 0.146 e. The predicted molar refractivity (Wildman–Crippen MR) is 45.2 cm³/mol. The fourth-order valence-electron chi connectivity index (χ4n) is 0.898. The van der Waals surface area contributed by atoms with E-state index in [9.17, 15) is 4.39 Å². The van der Waals surface area contributed by atoms with Crippen LogP contribution in [-0.2, 0) is 0 Å². The highest BCUT2D eigenvalue weighted by Gasteiger charge is 1.99. The van der Waals surface area contributed by atoms with Crippen molar-refractivity contribution in [2.45, 2.75) is 6.92 Å². The summed E-state index contributed by atoms with van der Waals surface area (Å²) in [6.07, 6.45) is 0. The van der Waals surface area contributed by atoms with Crippen LogP contribution in [0.4, 0.5) is 10.1 Å². The van der Waals surface area contributed by atoms with Crippen LogP contribution < -0.4 is 5.32 Å². The highest BCUT2D eigenvalue weighted by Crippen LogP contribution is 2.14. The van der Waals surface area contributed by atoms with Gasteiger partial charge in [0.15, 0.2) is 0 Å². The van der Waals surface area contributed by atoms with Crippen molar-refractivity contribution >= 4 is 5.69 Å². The summed E-state index contributed by atoms with van der Waals surface area (Å²) in [6, 6.07) is 6.73. The molecular weight excluding hydrogens is 155 g/mol. The second-order valence-corrected chi connectivity index (χ2v) is 2.49. The summed E-state index contributed by atoms with van der Waals surface area (Å²) in [7, 11) is 0. The van der Waals surface area contributed by atoms with E-state index in [-0.39, 0.29) is 12.4 Å². The second kappa shape index (κ2) is 3.72. The Balaban J connectivity index is 2.81. The molecule has 0 saturated heterocycles. The minimum atomic E-state index is -0.315. The maximum absolute atomic E-state index is 13.0. The van der Waals surface area contributed by atoms with Crippen molar-refractivity contribution in [3.63, 3.8) is 0 Å². The van der Waals surface area contributed by atoms with Crippen LogP contribution in [0.3, 0.4) is 0 Å². The third kappa shape index (κ3) is 1.96. The van der Waals surface area contributed by atoms with Gasteiger partial charge >= 0.3 is 0 Å². The van der Waals surface area contributed by atoms with Crippen LogP contribution in [0.1, 0.15) is 5.56 Å². The first-order valence-corrected chi connectivity index (χ1v) is 3.61. The lowest BCUT2D eigenvalue weighted by molar-refractivity contribution is 0.630. The van der Waals surface area contributed by atoms with Gasteiger partial charge in [-0.2, -0.15) is 5.26 Å². The van der Waals surface area contributed by atoms with Gasteiger partial charge in [0, 0.05) is 0 Å². The Kier molecular flexibility index (Phi) is 2.65. The number of nitriles is 1. The Bertz CT molecular complexity index is 315. The maximum atomic E-state index is 13.0. The zero-order chi connectivity index (χ0) is 8.97. The summed E-state index contributed by atoms with van der Waals surface area (Å²) in [6.45, 7) is 1.94. The molecule has 0 unspecified atom stereocenters. The van der Waals surface area contributed by atoms with E-state index in [2.05, 4.69) is 5.32 Å². The molecule has 0 amide bonds. The van der Waals surface area contributed by atoms with Crippen molar-refractivity contribution in [3.8, 4) is 6.07 Å². The molecule has 1 rings (SSSR count). The van der Waals surface area contributed by atoms with Gasteiger partial charge < -0.3 is 5.32 Å². The topological polar surface area (TPSA) is 35.8 Å². The number of hydrogen-bond acceptors (Lipinski definition) is 2. The highest BCUT2D eigenvalue weighted by molar-refractivity contribution is 5.46. The van der Waals surface area contributed by atoms with Gasteiger partial charge in [-0.3, -0.25) is 0 Å². The lowest BCUT2D eigenvalue weighted by atomic mass is 10.2. The van der Waals surface area contributed by atoms with Crippen molar-refractivity contribution in [1.29, 1.82) is 5.26 Å². The summed E-state index contributed by atoms with van der Waals surface area (Å²) < 4.78 is 13.0. The van der Waals surface area contributed by atoms with E-state index in [1.54, 1.807) is 12.1 Å². The molecule has 0 fully saturated rings. The van der Waals surface area contributed by atoms with Crippen molar-refractivity contribution in [3.05, 3.63) is 29.6 Å². The molecule has 12 heavy (non-hydrogen) atoms. The average molecular weight is 164 g/mol. The van der Waals surface area contributed by atoms with E-state index < -0.39 is 0 Å². The Morgan fingerprint density at radius 3 is 2.92 bits per heavy atom. The van der Waals surface area contributed by atoms with E-state index in [0.717, 1.165) is 5.56 Å². The Labute approximate surface area is 70.6 Å². The number of nitrogens with zero attached hydrogens (tertiary/aromatic N) is 1. The summed E-state index contributed by atoms with van der Waals surface area (Å²) in [5, 5.41) is 10.9. The van der Waals surface area contributed by atoms with Crippen LogP contribution in [0.2, 0.25) is 0 Å². The van der Waals surface area contributed by atoms with Gasteiger partial charge in [-0.05, 0) is 24.6 Å². The molecule has 0 aliphatic carbocycles. The van der Waals surface area contributed by atoms with Gasteiger partial charge in [-0.25, -0.2) is 4.39 Å². The first-order chi connectivity index (χ1) is 5.74. The van der Waals surface area contributed by atoms with Gasteiger partial charge in [0.2, 0.25) is 0 Å². The molecule has 0 heterocycles. The lowest BCUT2D eigenvalue weighted by Crippen LogP contribution is -2.00. The molecule has 0 aromatic heterocycles. The fraction of sp³-hybridized carbons (Fsp3) is 0.222. The monoisotopic (exact) mass is 164 g/mol. The summed E-state index contributed by atoms with van der Waals surface area (Å²) >= 11 is 0. The van der Waals surface area contributed by atoms with Crippen LogP contribution in [0, 0.1) is 24.1 Å². The van der Waals surface area contributed by atoms with Crippen LogP contribution in [0.15, 0.2) is 18.2 Å². The van der Waals surface area contributed by atoms with E-state index in [1.807, 2.05) is 13.0 Å². The van der Waals surface area contributed by atoms with Crippen molar-refractivity contribution in [2.24, 2.45) is 0 Å². The van der Waals surface area contributed by atoms with E-state index in [4.69, 9.17) is 5.26 Å². The highest BCUT2D eigenvalue weighted by atomic mass is 19.1. The number of halogens is 1. The Hall–Kier alpha value is -1.56. The second-order valence-electron chi connectivity index (χ2n) is 2.49. The van der Waals surface area contributed by atoms with E-state index >= 15 is 0 Å². The van der Waals surface area contributed by atoms with Crippen molar-refractivity contribution in [1.82, 2.24) is 0 Å². The first-order valence-electron chi connectivity index (χ1n) is 3.61. The minimum Gasteiger partial charge on any atom is -0.370 e. The van der Waals surface area contributed by atoms with Gasteiger partial charge in [-0.1, -0.05) is 6.07 Å².